The van der Waals surface area contributed by atoms with Crippen LogP contribution in [0.4, 0.5) is 0 Å². The summed E-state index contributed by atoms with van der Waals surface area (Å²) in [4.78, 5) is 23.5. The Balaban J connectivity index is 2.58. The molecule has 102 valence electrons. The van der Waals surface area contributed by atoms with Crippen LogP contribution in [0, 0.1) is 5.92 Å². The molecule has 1 amide bonds. The molecule has 0 aliphatic heterocycles. The second-order valence-corrected chi connectivity index (χ2v) is 4.77. The van der Waals surface area contributed by atoms with Gasteiger partial charge in [-0.25, -0.2) is 0 Å². The van der Waals surface area contributed by atoms with Crippen molar-refractivity contribution in [3.8, 4) is 0 Å². The summed E-state index contributed by atoms with van der Waals surface area (Å²) in [5, 5.41) is 2.97. The van der Waals surface area contributed by atoms with E-state index in [1.54, 1.807) is 6.08 Å². The predicted octanol–water partition coefficient (Wildman–Crippen LogP) is 2.19. The SMILES string of the molecule is C=CCCC(=O)NC1CCCCCC1C(=O)OC. The lowest BCUT2D eigenvalue weighted by molar-refractivity contribution is -0.147. The lowest BCUT2D eigenvalue weighted by Crippen LogP contribution is -2.43. The number of carbonyl (C=O) groups excluding carboxylic acids is 2. The highest BCUT2D eigenvalue weighted by Crippen LogP contribution is 2.24. The van der Waals surface area contributed by atoms with E-state index in [2.05, 4.69) is 11.9 Å². The zero-order valence-corrected chi connectivity index (χ0v) is 11.1. The molecule has 0 aromatic heterocycles. The van der Waals surface area contributed by atoms with Crippen LogP contribution in [-0.2, 0) is 14.3 Å². The van der Waals surface area contributed by atoms with E-state index in [0.717, 1.165) is 32.1 Å². The van der Waals surface area contributed by atoms with Gasteiger partial charge in [0.25, 0.3) is 0 Å². The van der Waals surface area contributed by atoms with Crippen LogP contribution in [0.25, 0.3) is 0 Å². The minimum absolute atomic E-state index is 0.00398. The van der Waals surface area contributed by atoms with Crippen molar-refractivity contribution >= 4 is 11.9 Å². The van der Waals surface area contributed by atoms with Gasteiger partial charge in [0.2, 0.25) is 5.91 Å². The average Bonchev–Trinajstić information content (AvgIpc) is 2.61. The highest BCUT2D eigenvalue weighted by molar-refractivity contribution is 5.78. The number of allylic oxidation sites excluding steroid dienone is 1. The molecule has 1 rings (SSSR count). The number of ether oxygens (including phenoxy) is 1. The second-order valence-electron chi connectivity index (χ2n) is 4.77. The zero-order valence-electron chi connectivity index (χ0n) is 11.1. The molecular weight excluding hydrogens is 230 g/mol. The van der Waals surface area contributed by atoms with E-state index in [1.165, 1.54) is 7.11 Å². The average molecular weight is 253 g/mol. The van der Waals surface area contributed by atoms with Crippen LogP contribution < -0.4 is 5.32 Å². The molecule has 0 aromatic carbocycles. The van der Waals surface area contributed by atoms with E-state index in [9.17, 15) is 9.59 Å². The number of hydrogen-bond acceptors (Lipinski definition) is 3. The number of rotatable bonds is 5. The maximum atomic E-state index is 11.7. The van der Waals surface area contributed by atoms with Gasteiger partial charge in [-0.15, -0.1) is 6.58 Å². The molecule has 2 atom stereocenters. The van der Waals surface area contributed by atoms with Gasteiger partial charge < -0.3 is 10.1 Å². The van der Waals surface area contributed by atoms with Gasteiger partial charge in [0.1, 0.15) is 0 Å². The van der Waals surface area contributed by atoms with Gasteiger partial charge in [0.05, 0.1) is 13.0 Å². The highest BCUT2D eigenvalue weighted by Gasteiger charge is 2.31. The van der Waals surface area contributed by atoms with E-state index in [1.807, 2.05) is 0 Å². The summed E-state index contributed by atoms with van der Waals surface area (Å²) in [6.45, 7) is 3.60. The minimum atomic E-state index is -0.203. The number of carbonyl (C=O) groups is 2. The molecular formula is C14H23NO3. The summed E-state index contributed by atoms with van der Waals surface area (Å²) >= 11 is 0. The Morgan fingerprint density at radius 2 is 2.06 bits per heavy atom. The van der Waals surface area contributed by atoms with Crippen LogP contribution in [0.15, 0.2) is 12.7 Å². The summed E-state index contributed by atoms with van der Waals surface area (Å²) < 4.78 is 4.83. The molecule has 1 N–H and O–H groups in total. The summed E-state index contributed by atoms with van der Waals surface area (Å²) in [5.41, 5.74) is 0. The Morgan fingerprint density at radius 1 is 1.33 bits per heavy atom. The summed E-state index contributed by atoms with van der Waals surface area (Å²) in [6, 6.07) is -0.0720. The van der Waals surface area contributed by atoms with Crippen LogP contribution in [-0.4, -0.2) is 25.0 Å². The summed E-state index contributed by atoms with van der Waals surface area (Å²) in [7, 11) is 1.41. The van der Waals surface area contributed by atoms with Crippen molar-refractivity contribution in [3.63, 3.8) is 0 Å². The van der Waals surface area contributed by atoms with Gasteiger partial charge in [0, 0.05) is 12.5 Å². The van der Waals surface area contributed by atoms with Gasteiger partial charge in [-0.3, -0.25) is 9.59 Å². The number of amides is 1. The Labute approximate surface area is 109 Å². The summed E-state index contributed by atoms with van der Waals surface area (Å²) in [6.07, 6.45) is 7.70. The first-order valence-corrected chi connectivity index (χ1v) is 6.67. The smallest absolute Gasteiger partial charge is 0.310 e. The molecule has 2 unspecified atom stereocenters. The van der Waals surface area contributed by atoms with Crippen molar-refractivity contribution in [2.24, 2.45) is 5.92 Å². The fourth-order valence-corrected chi connectivity index (χ4v) is 2.43. The topological polar surface area (TPSA) is 55.4 Å². The number of methoxy groups -OCH3 is 1. The highest BCUT2D eigenvalue weighted by atomic mass is 16.5. The van der Waals surface area contributed by atoms with E-state index in [0.29, 0.717) is 12.8 Å². The summed E-state index contributed by atoms with van der Waals surface area (Å²) in [5.74, 6) is -0.396. The maximum Gasteiger partial charge on any atom is 0.310 e. The van der Waals surface area contributed by atoms with Crippen molar-refractivity contribution in [1.29, 1.82) is 0 Å². The third kappa shape index (κ3) is 4.51. The molecule has 1 saturated carbocycles. The first-order chi connectivity index (χ1) is 8.69. The fourth-order valence-electron chi connectivity index (χ4n) is 2.43. The van der Waals surface area contributed by atoms with E-state index < -0.39 is 0 Å². The van der Waals surface area contributed by atoms with Crippen molar-refractivity contribution in [1.82, 2.24) is 5.32 Å². The largest absolute Gasteiger partial charge is 0.469 e. The molecule has 0 saturated heterocycles. The van der Waals surface area contributed by atoms with Crippen LogP contribution in [0.3, 0.4) is 0 Å². The third-order valence-electron chi connectivity index (χ3n) is 3.44. The van der Waals surface area contributed by atoms with Crippen molar-refractivity contribution in [3.05, 3.63) is 12.7 Å². The molecule has 1 aliphatic rings. The van der Waals surface area contributed by atoms with E-state index >= 15 is 0 Å². The Kier molecular flexibility index (Phi) is 6.47. The van der Waals surface area contributed by atoms with Crippen LogP contribution in [0.1, 0.15) is 44.9 Å². The molecule has 0 aromatic rings. The number of esters is 1. The fraction of sp³-hybridized carbons (Fsp3) is 0.714. The molecule has 1 fully saturated rings. The van der Waals surface area contributed by atoms with Crippen molar-refractivity contribution in [2.75, 3.05) is 7.11 Å². The van der Waals surface area contributed by atoms with Crippen molar-refractivity contribution < 1.29 is 14.3 Å². The van der Waals surface area contributed by atoms with Crippen LogP contribution >= 0.6 is 0 Å². The Hall–Kier alpha value is -1.32. The molecule has 4 heteroatoms. The Morgan fingerprint density at radius 3 is 2.72 bits per heavy atom. The molecule has 0 heterocycles. The molecule has 4 nitrogen and oxygen atoms in total. The van der Waals surface area contributed by atoms with Gasteiger partial charge in [0.15, 0.2) is 0 Å². The van der Waals surface area contributed by atoms with E-state index in [4.69, 9.17) is 4.74 Å². The molecule has 0 bridgehead atoms. The standard InChI is InChI=1S/C14H23NO3/c1-3-4-10-13(16)15-12-9-7-5-6-8-11(12)14(17)18-2/h3,11-12H,1,4-10H2,2H3,(H,15,16). The predicted molar refractivity (Wildman–Crippen MR) is 70.0 cm³/mol. The minimum Gasteiger partial charge on any atom is -0.469 e. The monoisotopic (exact) mass is 253 g/mol. The molecule has 0 radical (unpaired) electrons. The maximum absolute atomic E-state index is 11.7. The molecule has 18 heavy (non-hydrogen) atoms. The van der Waals surface area contributed by atoms with Crippen molar-refractivity contribution in [2.45, 2.75) is 51.0 Å². The first-order valence-electron chi connectivity index (χ1n) is 6.67. The van der Waals surface area contributed by atoms with Gasteiger partial charge in [-0.2, -0.15) is 0 Å². The number of nitrogens with one attached hydrogen (secondary N) is 1. The number of hydrogen-bond donors (Lipinski definition) is 1. The lowest BCUT2D eigenvalue weighted by atomic mass is 9.94. The van der Waals surface area contributed by atoms with Gasteiger partial charge in [-0.05, 0) is 19.3 Å². The zero-order chi connectivity index (χ0) is 13.4. The first kappa shape index (κ1) is 14.7. The second kappa shape index (κ2) is 7.90. The quantitative estimate of drug-likeness (QED) is 0.464. The molecule has 0 spiro atoms. The normalized spacial score (nSPS) is 23.8. The third-order valence-corrected chi connectivity index (χ3v) is 3.44. The van der Waals surface area contributed by atoms with Crippen LogP contribution in [0.5, 0.6) is 0 Å². The van der Waals surface area contributed by atoms with Gasteiger partial charge >= 0.3 is 5.97 Å². The molecule has 1 aliphatic carbocycles. The Bertz CT molecular complexity index is 301. The lowest BCUT2D eigenvalue weighted by Gasteiger charge is -2.24. The van der Waals surface area contributed by atoms with E-state index in [-0.39, 0.29) is 23.8 Å². The van der Waals surface area contributed by atoms with Crippen LogP contribution in [0.2, 0.25) is 0 Å². The van der Waals surface area contributed by atoms with Gasteiger partial charge in [-0.1, -0.05) is 25.3 Å².